The molecular weight excluding hydrogens is 452 g/mol. The SMILES string of the molecule is O=C1NC2(CCN(c3nccn4cncc34)CC2)C(=O)N1CCn1c(=O)[nH]c2ccccc2c1=O. The molecule has 2 aliphatic heterocycles. The van der Waals surface area contributed by atoms with E-state index in [1.54, 1.807) is 43.0 Å². The summed E-state index contributed by atoms with van der Waals surface area (Å²) >= 11 is 0. The van der Waals surface area contributed by atoms with E-state index < -0.39 is 22.8 Å². The molecule has 12 heteroatoms. The molecule has 1 aromatic carbocycles. The van der Waals surface area contributed by atoms with Crippen LogP contribution in [0.2, 0.25) is 0 Å². The number of rotatable bonds is 4. The normalized spacial score (nSPS) is 17.6. The minimum atomic E-state index is -1.00. The molecule has 2 N–H and O–H groups in total. The highest BCUT2D eigenvalue weighted by Crippen LogP contribution is 2.32. The number of imide groups is 1. The lowest BCUT2D eigenvalue weighted by Crippen LogP contribution is -2.55. The molecule has 0 radical (unpaired) electrons. The number of aromatic amines is 1. The summed E-state index contributed by atoms with van der Waals surface area (Å²) in [5, 5.41) is 3.24. The highest BCUT2D eigenvalue weighted by atomic mass is 16.2. The maximum Gasteiger partial charge on any atom is 0.328 e. The molecule has 1 spiro atoms. The molecule has 0 atom stereocenters. The van der Waals surface area contributed by atoms with Gasteiger partial charge in [0, 0.05) is 38.6 Å². The van der Waals surface area contributed by atoms with Gasteiger partial charge in [0.1, 0.15) is 11.1 Å². The number of urea groups is 1. The van der Waals surface area contributed by atoms with Crippen LogP contribution in [-0.4, -0.2) is 65.9 Å². The summed E-state index contributed by atoms with van der Waals surface area (Å²) in [5.41, 5.74) is -0.718. The van der Waals surface area contributed by atoms with Crippen LogP contribution in [0.5, 0.6) is 0 Å². The van der Waals surface area contributed by atoms with Gasteiger partial charge in [-0.2, -0.15) is 0 Å². The number of para-hydroxylation sites is 1. The zero-order valence-corrected chi connectivity index (χ0v) is 18.7. The number of carbonyl (C=O) groups is 2. The summed E-state index contributed by atoms with van der Waals surface area (Å²) in [4.78, 5) is 65.8. The van der Waals surface area contributed by atoms with Gasteiger partial charge in [-0.25, -0.2) is 19.6 Å². The topological polar surface area (TPSA) is 138 Å². The number of nitrogens with one attached hydrogen (secondary N) is 2. The number of carbonyl (C=O) groups excluding carboxylic acids is 2. The molecule has 2 fully saturated rings. The molecule has 2 aliphatic rings. The van der Waals surface area contributed by atoms with Gasteiger partial charge in [-0.3, -0.25) is 19.1 Å². The molecule has 4 aromatic rings. The molecule has 0 aliphatic carbocycles. The molecular formula is C23H22N8O4. The smallest absolute Gasteiger partial charge is 0.328 e. The van der Waals surface area contributed by atoms with Crippen molar-refractivity contribution in [3.63, 3.8) is 0 Å². The number of piperidine rings is 1. The van der Waals surface area contributed by atoms with Crippen LogP contribution in [0.15, 0.2) is 58.8 Å². The van der Waals surface area contributed by atoms with E-state index in [1.165, 1.54) is 0 Å². The fourth-order valence-corrected chi connectivity index (χ4v) is 5.00. The molecule has 5 heterocycles. The molecule has 0 unspecified atom stereocenters. The van der Waals surface area contributed by atoms with Gasteiger partial charge in [-0.05, 0) is 25.0 Å². The molecule has 3 amide bonds. The van der Waals surface area contributed by atoms with E-state index in [1.807, 2.05) is 10.6 Å². The van der Waals surface area contributed by atoms with E-state index in [0.29, 0.717) is 36.8 Å². The average Bonchev–Trinajstić information content (AvgIpc) is 3.43. The van der Waals surface area contributed by atoms with Crippen LogP contribution in [-0.2, 0) is 11.3 Å². The standard InChI is InChI=1S/C23H22N8O4/c32-19-15-3-1-2-4-16(15)26-21(34)30(19)11-12-31-20(33)23(27-22(31)35)5-8-28(9-6-23)18-17-13-24-14-29(17)10-7-25-18/h1-4,7,10,13-14H,5-6,8-9,11-12H2,(H,26,34)(H,27,35). The van der Waals surface area contributed by atoms with Crippen molar-refractivity contribution in [1.82, 2.24) is 34.1 Å². The highest BCUT2D eigenvalue weighted by molar-refractivity contribution is 6.07. The van der Waals surface area contributed by atoms with Gasteiger partial charge < -0.3 is 19.6 Å². The zero-order valence-electron chi connectivity index (χ0n) is 18.7. The number of aromatic nitrogens is 5. The van der Waals surface area contributed by atoms with Gasteiger partial charge in [0.05, 0.1) is 23.4 Å². The van der Waals surface area contributed by atoms with E-state index >= 15 is 0 Å². The fraction of sp³-hybridized carbons (Fsp3) is 0.304. The number of imidazole rings is 1. The lowest BCUT2D eigenvalue weighted by molar-refractivity contribution is -0.132. The van der Waals surface area contributed by atoms with Crippen molar-refractivity contribution in [2.24, 2.45) is 0 Å². The van der Waals surface area contributed by atoms with Crippen LogP contribution in [0, 0.1) is 0 Å². The average molecular weight is 474 g/mol. The maximum absolute atomic E-state index is 13.3. The number of benzene rings is 1. The Bertz CT molecular complexity index is 1590. The van der Waals surface area contributed by atoms with Gasteiger partial charge in [-0.15, -0.1) is 0 Å². The molecule has 0 saturated carbocycles. The Kier molecular flexibility index (Phi) is 4.69. The molecule has 0 bridgehead atoms. The van der Waals surface area contributed by atoms with Crippen molar-refractivity contribution in [2.45, 2.75) is 24.9 Å². The third-order valence-electron chi connectivity index (χ3n) is 6.92. The predicted molar refractivity (Wildman–Crippen MR) is 126 cm³/mol. The molecule has 2 saturated heterocycles. The van der Waals surface area contributed by atoms with Gasteiger partial charge in [-0.1, -0.05) is 12.1 Å². The summed E-state index contributed by atoms with van der Waals surface area (Å²) in [6.45, 7) is 0.894. The van der Waals surface area contributed by atoms with Gasteiger partial charge >= 0.3 is 11.7 Å². The largest absolute Gasteiger partial charge is 0.355 e. The van der Waals surface area contributed by atoms with Crippen LogP contribution in [0.3, 0.4) is 0 Å². The second-order valence-electron chi connectivity index (χ2n) is 8.83. The van der Waals surface area contributed by atoms with Crippen LogP contribution in [0.1, 0.15) is 12.8 Å². The maximum atomic E-state index is 13.3. The Labute approximate surface area is 197 Å². The van der Waals surface area contributed by atoms with Crippen molar-refractivity contribution < 1.29 is 9.59 Å². The summed E-state index contributed by atoms with van der Waals surface area (Å²) in [6.07, 6.45) is 7.81. The number of H-pyrrole nitrogens is 1. The third kappa shape index (κ3) is 3.28. The molecule has 3 aromatic heterocycles. The molecule has 6 rings (SSSR count). The number of hydrogen-bond donors (Lipinski definition) is 2. The molecule has 35 heavy (non-hydrogen) atoms. The summed E-state index contributed by atoms with van der Waals surface area (Å²) in [6, 6.07) is 6.21. The van der Waals surface area contributed by atoms with E-state index in [-0.39, 0.29) is 19.0 Å². The number of anilines is 1. The van der Waals surface area contributed by atoms with Crippen molar-refractivity contribution >= 4 is 34.2 Å². The van der Waals surface area contributed by atoms with Gasteiger partial charge in [0.2, 0.25) is 0 Å². The van der Waals surface area contributed by atoms with Crippen molar-refractivity contribution in [3.05, 3.63) is 70.0 Å². The number of amides is 3. The van der Waals surface area contributed by atoms with E-state index in [4.69, 9.17) is 0 Å². The highest BCUT2D eigenvalue weighted by Gasteiger charge is 2.52. The van der Waals surface area contributed by atoms with Crippen LogP contribution in [0.4, 0.5) is 10.6 Å². The van der Waals surface area contributed by atoms with E-state index in [2.05, 4.69) is 25.2 Å². The second-order valence-corrected chi connectivity index (χ2v) is 8.83. The van der Waals surface area contributed by atoms with Gasteiger partial charge in [0.15, 0.2) is 5.82 Å². The van der Waals surface area contributed by atoms with Crippen molar-refractivity contribution in [2.75, 3.05) is 24.5 Å². The van der Waals surface area contributed by atoms with Crippen LogP contribution in [0.25, 0.3) is 16.4 Å². The van der Waals surface area contributed by atoms with Crippen LogP contribution >= 0.6 is 0 Å². The third-order valence-corrected chi connectivity index (χ3v) is 6.92. The first-order valence-corrected chi connectivity index (χ1v) is 11.3. The summed E-state index contributed by atoms with van der Waals surface area (Å²) in [5.74, 6) is 0.450. The fourth-order valence-electron chi connectivity index (χ4n) is 5.00. The number of hydrogen-bond acceptors (Lipinski definition) is 7. The minimum Gasteiger partial charge on any atom is -0.355 e. The Hall–Kier alpha value is -4.48. The van der Waals surface area contributed by atoms with Gasteiger partial charge in [0.25, 0.3) is 11.5 Å². The first kappa shape index (κ1) is 21.1. The Morgan fingerprint density at radius 2 is 1.83 bits per heavy atom. The monoisotopic (exact) mass is 474 g/mol. The number of nitrogens with zero attached hydrogens (tertiary/aromatic N) is 6. The van der Waals surface area contributed by atoms with Crippen LogP contribution < -0.4 is 21.5 Å². The molecule has 12 nitrogen and oxygen atoms in total. The van der Waals surface area contributed by atoms with E-state index in [9.17, 15) is 19.2 Å². The lowest BCUT2D eigenvalue weighted by atomic mass is 9.87. The lowest BCUT2D eigenvalue weighted by Gasteiger charge is -2.38. The summed E-state index contributed by atoms with van der Waals surface area (Å²) in [7, 11) is 0. The molecule has 178 valence electrons. The quantitative estimate of drug-likeness (QED) is 0.407. The summed E-state index contributed by atoms with van der Waals surface area (Å²) < 4.78 is 2.90. The zero-order chi connectivity index (χ0) is 24.2. The Morgan fingerprint density at radius 3 is 2.66 bits per heavy atom. The second kappa shape index (κ2) is 7.79. The Morgan fingerprint density at radius 1 is 1.03 bits per heavy atom. The van der Waals surface area contributed by atoms with E-state index in [0.717, 1.165) is 20.8 Å². The Balaban J connectivity index is 1.19. The first-order chi connectivity index (χ1) is 17.0. The van der Waals surface area contributed by atoms with Crippen molar-refractivity contribution in [1.29, 1.82) is 0 Å². The first-order valence-electron chi connectivity index (χ1n) is 11.3. The number of fused-ring (bicyclic) bond motifs is 2. The van der Waals surface area contributed by atoms with Crippen molar-refractivity contribution in [3.8, 4) is 0 Å². The minimum absolute atomic E-state index is 0.0753. The predicted octanol–water partition coefficient (Wildman–Crippen LogP) is 0.324.